The van der Waals surface area contributed by atoms with Crippen LogP contribution >= 0.6 is 0 Å². The van der Waals surface area contributed by atoms with Gasteiger partial charge in [0.1, 0.15) is 0 Å². The number of non-ortho nitro benzene ring substituents is 1. The molecule has 2 rings (SSSR count). The molecule has 0 radical (unpaired) electrons. The average Bonchev–Trinajstić information content (AvgIpc) is 2.46. The fraction of sp³-hybridized carbons (Fsp3) is 0.500. The number of hydrogen-bond acceptors (Lipinski definition) is 5. The van der Waals surface area contributed by atoms with E-state index in [-0.39, 0.29) is 11.6 Å². The van der Waals surface area contributed by atoms with Crippen molar-refractivity contribution in [2.75, 3.05) is 25.1 Å². The van der Waals surface area contributed by atoms with Crippen LogP contribution in [0.3, 0.4) is 0 Å². The number of amides is 1. The number of rotatable bonds is 5. The molecule has 0 aromatic heterocycles. The maximum absolute atomic E-state index is 11.8. The lowest BCUT2D eigenvalue weighted by molar-refractivity contribution is -0.384. The predicted molar refractivity (Wildman–Crippen MR) is 78.0 cm³/mol. The first-order chi connectivity index (χ1) is 9.94. The van der Waals surface area contributed by atoms with E-state index in [2.05, 4.69) is 5.32 Å². The van der Waals surface area contributed by atoms with Gasteiger partial charge >= 0.3 is 0 Å². The van der Waals surface area contributed by atoms with E-state index in [0.29, 0.717) is 32.6 Å². The van der Waals surface area contributed by atoms with Crippen molar-refractivity contribution in [3.63, 3.8) is 0 Å². The molecular formula is C14H19N3O4. The topological polar surface area (TPSA) is 107 Å². The number of anilines is 1. The summed E-state index contributed by atoms with van der Waals surface area (Å²) in [5, 5.41) is 13.9. The summed E-state index contributed by atoms with van der Waals surface area (Å²) in [6.07, 6.45) is 1.17. The van der Waals surface area contributed by atoms with Gasteiger partial charge in [0.2, 0.25) is 5.91 Å². The molecule has 1 amide bonds. The molecule has 1 fully saturated rings. The Morgan fingerprint density at radius 2 is 2.14 bits per heavy atom. The van der Waals surface area contributed by atoms with Crippen LogP contribution in [0.15, 0.2) is 18.2 Å². The van der Waals surface area contributed by atoms with Crippen LogP contribution in [0.1, 0.15) is 18.4 Å². The number of nitrogens with zero attached hydrogens (tertiary/aromatic N) is 1. The van der Waals surface area contributed by atoms with Crippen molar-refractivity contribution >= 4 is 17.3 Å². The summed E-state index contributed by atoms with van der Waals surface area (Å²) in [5.41, 5.74) is 6.51. The van der Waals surface area contributed by atoms with Crippen LogP contribution in [0.4, 0.5) is 11.4 Å². The van der Waals surface area contributed by atoms with Crippen molar-refractivity contribution in [1.29, 1.82) is 0 Å². The number of primary amides is 1. The Hall–Kier alpha value is -2.15. The second kappa shape index (κ2) is 6.09. The summed E-state index contributed by atoms with van der Waals surface area (Å²) in [7, 11) is 0. The van der Waals surface area contributed by atoms with E-state index in [1.165, 1.54) is 12.1 Å². The SMILES string of the molecule is Cc1cc([N+](=O)[O-])ccc1NCC1(C(N)=O)CCOCC1. The van der Waals surface area contributed by atoms with Crippen LogP contribution in [0.5, 0.6) is 0 Å². The fourth-order valence-electron chi connectivity index (χ4n) is 2.50. The summed E-state index contributed by atoms with van der Waals surface area (Å²) >= 11 is 0. The number of nitrogens with one attached hydrogen (secondary N) is 1. The lowest BCUT2D eigenvalue weighted by atomic mass is 9.79. The van der Waals surface area contributed by atoms with Crippen LogP contribution in [-0.4, -0.2) is 30.6 Å². The fourth-order valence-corrected chi connectivity index (χ4v) is 2.50. The third-order valence-corrected chi connectivity index (χ3v) is 4.01. The van der Waals surface area contributed by atoms with E-state index in [4.69, 9.17) is 10.5 Å². The van der Waals surface area contributed by atoms with E-state index in [9.17, 15) is 14.9 Å². The Morgan fingerprint density at radius 3 is 2.67 bits per heavy atom. The zero-order chi connectivity index (χ0) is 15.5. The van der Waals surface area contributed by atoms with E-state index >= 15 is 0 Å². The van der Waals surface area contributed by atoms with Crippen LogP contribution < -0.4 is 11.1 Å². The molecule has 114 valence electrons. The number of carbonyl (C=O) groups is 1. The van der Waals surface area contributed by atoms with Crippen molar-refractivity contribution in [1.82, 2.24) is 0 Å². The first-order valence-electron chi connectivity index (χ1n) is 6.81. The monoisotopic (exact) mass is 293 g/mol. The van der Waals surface area contributed by atoms with Gasteiger partial charge in [-0.3, -0.25) is 14.9 Å². The van der Waals surface area contributed by atoms with Gasteiger partial charge in [-0.25, -0.2) is 0 Å². The van der Waals surface area contributed by atoms with Gasteiger partial charge < -0.3 is 15.8 Å². The number of nitrogens with two attached hydrogens (primary N) is 1. The number of carbonyl (C=O) groups excluding carboxylic acids is 1. The molecule has 1 aromatic rings. The number of ether oxygens (including phenoxy) is 1. The van der Waals surface area contributed by atoms with Gasteiger partial charge in [-0.05, 0) is 31.4 Å². The van der Waals surface area contributed by atoms with E-state index < -0.39 is 10.3 Å². The van der Waals surface area contributed by atoms with Gasteiger partial charge in [-0.1, -0.05) is 0 Å². The number of nitro benzene ring substituents is 1. The third-order valence-electron chi connectivity index (χ3n) is 4.01. The van der Waals surface area contributed by atoms with Crippen LogP contribution in [-0.2, 0) is 9.53 Å². The zero-order valence-electron chi connectivity index (χ0n) is 11.9. The van der Waals surface area contributed by atoms with Gasteiger partial charge in [0.05, 0.1) is 10.3 Å². The van der Waals surface area contributed by atoms with Crippen molar-refractivity contribution in [3.8, 4) is 0 Å². The second-order valence-electron chi connectivity index (χ2n) is 5.37. The molecule has 0 unspecified atom stereocenters. The van der Waals surface area contributed by atoms with Crippen LogP contribution in [0, 0.1) is 22.5 Å². The van der Waals surface area contributed by atoms with Crippen molar-refractivity contribution in [2.24, 2.45) is 11.1 Å². The highest BCUT2D eigenvalue weighted by Gasteiger charge is 2.38. The predicted octanol–water partition coefficient (Wildman–Crippen LogP) is 1.60. The Kier molecular flexibility index (Phi) is 4.42. The molecule has 1 aliphatic heterocycles. The van der Waals surface area contributed by atoms with Crippen molar-refractivity contribution < 1.29 is 14.5 Å². The minimum atomic E-state index is -0.619. The molecule has 1 aromatic carbocycles. The van der Waals surface area contributed by atoms with Gasteiger partial charge in [0, 0.05) is 37.6 Å². The first-order valence-corrected chi connectivity index (χ1v) is 6.81. The summed E-state index contributed by atoms with van der Waals surface area (Å²) in [5.74, 6) is -0.335. The maximum atomic E-state index is 11.8. The Labute approximate surface area is 122 Å². The summed E-state index contributed by atoms with van der Waals surface area (Å²) in [6.45, 7) is 3.23. The number of nitro groups is 1. The zero-order valence-corrected chi connectivity index (χ0v) is 11.9. The highest BCUT2D eigenvalue weighted by atomic mass is 16.6. The summed E-state index contributed by atoms with van der Waals surface area (Å²) in [6, 6.07) is 4.60. The molecule has 3 N–H and O–H groups in total. The maximum Gasteiger partial charge on any atom is 0.269 e. The van der Waals surface area contributed by atoms with E-state index in [0.717, 1.165) is 11.3 Å². The quantitative estimate of drug-likeness (QED) is 0.633. The molecule has 1 heterocycles. The lowest BCUT2D eigenvalue weighted by Crippen LogP contribution is -2.46. The Balaban J connectivity index is 2.11. The van der Waals surface area contributed by atoms with Crippen molar-refractivity contribution in [3.05, 3.63) is 33.9 Å². The number of hydrogen-bond donors (Lipinski definition) is 2. The molecular weight excluding hydrogens is 274 g/mol. The van der Waals surface area contributed by atoms with Gasteiger partial charge in [-0.2, -0.15) is 0 Å². The van der Waals surface area contributed by atoms with Crippen LogP contribution in [0.2, 0.25) is 0 Å². The minimum absolute atomic E-state index is 0.0498. The molecule has 21 heavy (non-hydrogen) atoms. The summed E-state index contributed by atoms with van der Waals surface area (Å²) < 4.78 is 5.28. The number of benzene rings is 1. The molecule has 0 atom stereocenters. The highest BCUT2D eigenvalue weighted by molar-refractivity contribution is 5.81. The minimum Gasteiger partial charge on any atom is -0.384 e. The van der Waals surface area contributed by atoms with Gasteiger partial charge in [0.15, 0.2) is 0 Å². The lowest BCUT2D eigenvalue weighted by Gasteiger charge is -2.34. The molecule has 0 spiro atoms. The molecule has 1 aliphatic rings. The highest BCUT2D eigenvalue weighted by Crippen LogP contribution is 2.31. The largest absolute Gasteiger partial charge is 0.384 e. The van der Waals surface area contributed by atoms with E-state index in [1.54, 1.807) is 13.0 Å². The Morgan fingerprint density at radius 1 is 1.48 bits per heavy atom. The van der Waals surface area contributed by atoms with Crippen molar-refractivity contribution in [2.45, 2.75) is 19.8 Å². The smallest absolute Gasteiger partial charge is 0.269 e. The van der Waals surface area contributed by atoms with Gasteiger partial charge in [0.25, 0.3) is 5.69 Å². The normalized spacial score (nSPS) is 17.2. The molecule has 0 aliphatic carbocycles. The van der Waals surface area contributed by atoms with E-state index in [1.807, 2.05) is 0 Å². The van der Waals surface area contributed by atoms with Gasteiger partial charge in [-0.15, -0.1) is 0 Å². The molecule has 7 nitrogen and oxygen atoms in total. The molecule has 7 heteroatoms. The molecule has 1 saturated heterocycles. The Bertz CT molecular complexity index is 553. The first kappa shape index (κ1) is 15.2. The molecule has 0 saturated carbocycles. The molecule has 0 bridgehead atoms. The van der Waals surface area contributed by atoms with Crippen LogP contribution in [0.25, 0.3) is 0 Å². The second-order valence-corrected chi connectivity index (χ2v) is 5.37. The summed E-state index contributed by atoms with van der Waals surface area (Å²) in [4.78, 5) is 22.1. The third kappa shape index (κ3) is 3.30. The average molecular weight is 293 g/mol. The number of aryl methyl sites for hydroxylation is 1. The standard InChI is InChI=1S/C14H19N3O4/c1-10-8-11(17(19)20)2-3-12(10)16-9-14(13(15)18)4-6-21-7-5-14/h2-3,8,16H,4-7,9H2,1H3,(H2,15,18).